The number of carbonyl (C=O) groups excluding carboxylic acids is 1. The van der Waals surface area contributed by atoms with Gasteiger partial charge in [0, 0.05) is 24.8 Å². The van der Waals surface area contributed by atoms with E-state index in [9.17, 15) is 13.2 Å². The molecule has 2 aliphatic heterocycles. The smallest absolute Gasteiger partial charge is 0.243 e. The standard InChI is InChI=1S/C21H23ClN2O6S/c1-2-28-18-8-6-16(11-17(18)22)31(26,27)24-9-3-4-14(12-24)21(25)23-15-5-7-19-20(10-15)30-13-29-19/h5-8,10-11,14H,2-4,9,12-13H2,1H3,(H,23,25)/t14-/m0/s1. The molecule has 1 fully saturated rings. The fourth-order valence-corrected chi connectivity index (χ4v) is 5.51. The Morgan fingerprint density at radius 2 is 2.03 bits per heavy atom. The molecule has 2 aliphatic rings. The molecule has 0 saturated carbocycles. The Bertz CT molecular complexity index is 1090. The second-order valence-corrected chi connectivity index (χ2v) is 9.63. The van der Waals surface area contributed by atoms with E-state index in [-0.39, 0.29) is 29.2 Å². The van der Waals surface area contributed by atoms with E-state index in [4.69, 9.17) is 25.8 Å². The number of halogens is 1. The number of carbonyl (C=O) groups is 1. The van der Waals surface area contributed by atoms with Gasteiger partial charge in [0.15, 0.2) is 11.5 Å². The molecule has 0 aromatic heterocycles. The van der Waals surface area contributed by atoms with Crippen LogP contribution in [0.3, 0.4) is 0 Å². The zero-order chi connectivity index (χ0) is 22.0. The van der Waals surface area contributed by atoms with Crippen LogP contribution in [0.25, 0.3) is 0 Å². The topological polar surface area (TPSA) is 94.2 Å². The zero-order valence-corrected chi connectivity index (χ0v) is 18.5. The number of ether oxygens (including phenoxy) is 3. The molecule has 31 heavy (non-hydrogen) atoms. The highest BCUT2D eigenvalue weighted by Crippen LogP contribution is 2.35. The van der Waals surface area contributed by atoms with Crippen LogP contribution in [0.15, 0.2) is 41.3 Å². The molecule has 1 saturated heterocycles. The molecule has 2 heterocycles. The summed E-state index contributed by atoms with van der Waals surface area (Å²) in [7, 11) is -3.79. The number of hydrogen-bond acceptors (Lipinski definition) is 6. The Morgan fingerprint density at radius 3 is 2.81 bits per heavy atom. The van der Waals surface area contributed by atoms with E-state index in [1.54, 1.807) is 24.3 Å². The molecule has 0 spiro atoms. The second-order valence-electron chi connectivity index (χ2n) is 7.28. The van der Waals surface area contributed by atoms with Crippen LogP contribution in [0.2, 0.25) is 5.02 Å². The van der Waals surface area contributed by atoms with Gasteiger partial charge in [0.25, 0.3) is 0 Å². The third-order valence-electron chi connectivity index (χ3n) is 5.24. The number of piperidine rings is 1. The van der Waals surface area contributed by atoms with E-state index in [2.05, 4.69) is 5.32 Å². The van der Waals surface area contributed by atoms with Gasteiger partial charge in [0.1, 0.15) is 5.75 Å². The molecule has 1 N–H and O–H groups in total. The Morgan fingerprint density at radius 1 is 1.23 bits per heavy atom. The van der Waals surface area contributed by atoms with Gasteiger partial charge in [0.05, 0.1) is 22.4 Å². The number of amides is 1. The van der Waals surface area contributed by atoms with Crippen LogP contribution >= 0.6 is 11.6 Å². The number of hydrogen-bond donors (Lipinski definition) is 1. The Labute approximate surface area is 186 Å². The average molecular weight is 467 g/mol. The Balaban J connectivity index is 1.46. The third-order valence-corrected chi connectivity index (χ3v) is 7.39. The molecule has 10 heteroatoms. The molecule has 0 unspecified atom stereocenters. The second kappa shape index (κ2) is 8.94. The van der Waals surface area contributed by atoms with Crippen molar-refractivity contribution in [1.82, 2.24) is 4.31 Å². The summed E-state index contributed by atoms with van der Waals surface area (Å²) in [6, 6.07) is 9.56. The minimum absolute atomic E-state index is 0.0813. The number of nitrogens with one attached hydrogen (secondary N) is 1. The van der Waals surface area contributed by atoms with Gasteiger partial charge in [-0.25, -0.2) is 8.42 Å². The van der Waals surface area contributed by atoms with E-state index in [1.165, 1.54) is 16.4 Å². The number of fused-ring (bicyclic) bond motifs is 1. The van der Waals surface area contributed by atoms with Crippen molar-refractivity contribution in [3.8, 4) is 17.2 Å². The first kappa shape index (κ1) is 21.7. The van der Waals surface area contributed by atoms with Crippen molar-refractivity contribution in [1.29, 1.82) is 0 Å². The van der Waals surface area contributed by atoms with Gasteiger partial charge < -0.3 is 19.5 Å². The summed E-state index contributed by atoms with van der Waals surface area (Å²) in [5.74, 6) is 0.929. The molecule has 2 aromatic rings. The minimum atomic E-state index is -3.79. The Kier molecular flexibility index (Phi) is 6.27. The zero-order valence-electron chi connectivity index (χ0n) is 17.0. The Hall–Kier alpha value is -2.49. The summed E-state index contributed by atoms with van der Waals surface area (Å²) < 4.78 is 43.6. The number of nitrogens with zero attached hydrogens (tertiary/aromatic N) is 1. The summed E-state index contributed by atoms with van der Waals surface area (Å²) in [5.41, 5.74) is 0.576. The quantitative estimate of drug-likeness (QED) is 0.700. The van der Waals surface area contributed by atoms with Crippen molar-refractivity contribution >= 4 is 33.2 Å². The largest absolute Gasteiger partial charge is 0.492 e. The first-order valence-corrected chi connectivity index (χ1v) is 11.8. The first-order chi connectivity index (χ1) is 14.9. The molecule has 166 valence electrons. The maximum absolute atomic E-state index is 13.1. The van der Waals surface area contributed by atoms with Gasteiger partial charge in [-0.2, -0.15) is 4.31 Å². The first-order valence-electron chi connectivity index (χ1n) is 10.0. The normalized spacial score (nSPS) is 18.6. The number of sulfonamides is 1. The van der Waals surface area contributed by atoms with Crippen molar-refractivity contribution in [2.75, 3.05) is 31.8 Å². The van der Waals surface area contributed by atoms with Crippen LogP contribution in [-0.2, 0) is 14.8 Å². The predicted octanol–water partition coefficient (Wildman–Crippen LogP) is 3.51. The van der Waals surface area contributed by atoms with E-state index in [0.717, 1.165) is 0 Å². The molecule has 1 atom stereocenters. The molecule has 8 nitrogen and oxygen atoms in total. The molecule has 2 aromatic carbocycles. The average Bonchev–Trinajstić information content (AvgIpc) is 3.23. The lowest BCUT2D eigenvalue weighted by atomic mass is 9.98. The highest BCUT2D eigenvalue weighted by molar-refractivity contribution is 7.89. The maximum atomic E-state index is 13.1. The summed E-state index contributed by atoms with van der Waals surface area (Å²) >= 11 is 6.17. The monoisotopic (exact) mass is 466 g/mol. The van der Waals surface area contributed by atoms with Crippen LogP contribution in [0.1, 0.15) is 19.8 Å². The molecule has 0 bridgehead atoms. The summed E-state index contributed by atoms with van der Waals surface area (Å²) in [6.45, 7) is 2.85. The molecular weight excluding hydrogens is 444 g/mol. The molecular formula is C21H23ClN2O6S. The van der Waals surface area contributed by atoms with Gasteiger partial charge in [-0.1, -0.05) is 11.6 Å². The third kappa shape index (κ3) is 4.58. The van der Waals surface area contributed by atoms with Crippen LogP contribution in [0.5, 0.6) is 17.2 Å². The van der Waals surface area contributed by atoms with Crippen molar-refractivity contribution in [2.24, 2.45) is 5.92 Å². The van der Waals surface area contributed by atoms with Crippen molar-refractivity contribution in [2.45, 2.75) is 24.7 Å². The van der Waals surface area contributed by atoms with Crippen molar-refractivity contribution < 1.29 is 27.4 Å². The van der Waals surface area contributed by atoms with Gasteiger partial charge in [-0.05, 0) is 50.1 Å². The molecule has 4 rings (SSSR count). The molecule has 0 aliphatic carbocycles. The number of rotatable bonds is 6. The van der Waals surface area contributed by atoms with Gasteiger partial charge in [-0.3, -0.25) is 4.79 Å². The number of benzene rings is 2. The molecule has 1 amide bonds. The van der Waals surface area contributed by atoms with Crippen LogP contribution in [-0.4, -0.2) is 45.1 Å². The summed E-state index contributed by atoms with van der Waals surface area (Å²) in [6.07, 6.45) is 1.19. The minimum Gasteiger partial charge on any atom is -0.492 e. The lowest BCUT2D eigenvalue weighted by Gasteiger charge is -2.31. The van der Waals surface area contributed by atoms with E-state index in [0.29, 0.717) is 48.9 Å². The summed E-state index contributed by atoms with van der Waals surface area (Å²) in [5, 5.41) is 3.08. The van der Waals surface area contributed by atoms with E-state index in [1.807, 2.05) is 6.92 Å². The fourth-order valence-electron chi connectivity index (χ4n) is 3.66. The predicted molar refractivity (Wildman–Crippen MR) is 115 cm³/mol. The SMILES string of the molecule is CCOc1ccc(S(=O)(=O)N2CCC[C@H](C(=O)Nc3ccc4c(c3)OCO4)C2)cc1Cl. The van der Waals surface area contributed by atoms with E-state index >= 15 is 0 Å². The highest BCUT2D eigenvalue weighted by Gasteiger charge is 2.34. The van der Waals surface area contributed by atoms with Gasteiger partial charge >= 0.3 is 0 Å². The number of anilines is 1. The highest BCUT2D eigenvalue weighted by atomic mass is 35.5. The van der Waals surface area contributed by atoms with Gasteiger partial charge in [-0.15, -0.1) is 0 Å². The van der Waals surface area contributed by atoms with Crippen molar-refractivity contribution in [3.05, 3.63) is 41.4 Å². The van der Waals surface area contributed by atoms with Crippen molar-refractivity contribution in [3.63, 3.8) is 0 Å². The fraction of sp³-hybridized carbons (Fsp3) is 0.381. The van der Waals surface area contributed by atoms with E-state index < -0.39 is 15.9 Å². The summed E-state index contributed by atoms with van der Waals surface area (Å²) in [4.78, 5) is 12.9. The van der Waals surface area contributed by atoms with Crippen LogP contribution in [0, 0.1) is 5.92 Å². The maximum Gasteiger partial charge on any atom is 0.243 e. The van der Waals surface area contributed by atoms with Crippen LogP contribution < -0.4 is 19.5 Å². The van der Waals surface area contributed by atoms with Crippen LogP contribution in [0.4, 0.5) is 5.69 Å². The molecule has 0 radical (unpaired) electrons. The lowest BCUT2D eigenvalue weighted by Crippen LogP contribution is -2.43. The van der Waals surface area contributed by atoms with Gasteiger partial charge in [0.2, 0.25) is 22.7 Å². The lowest BCUT2D eigenvalue weighted by molar-refractivity contribution is -0.120.